The van der Waals surface area contributed by atoms with E-state index in [0.717, 1.165) is 28.1 Å². The van der Waals surface area contributed by atoms with Gasteiger partial charge in [0.05, 0.1) is 12.3 Å². The lowest BCUT2D eigenvalue weighted by Crippen LogP contribution is -2.35. The van der Waals surface area contributed by atoms with E-state index in [1.165, 1.54) is 162 Å². The number of aromatic nitrogens is 6. The molecule has 3 heterocycles. The largest absolute Gasteiger partial charge is 0.264 e. The van der Waals surface area contributed by atoms with Gasteiger partial charge in [-0.05, 0) is 231 Å². The Bertz CT molecular complexity index is 8000. The number of fused-ring (bicyclic) bond motifs is 3. The van der Waals surface area contributed by atoms with Crippen LogP contribution >= 0.6 is 0 Å². The fourth-order valence-electron chi connectivity index (χ4n) is 20.9. The summed E-state index contributed by atoms with van der Waals surface area (Å²) in [6.07, 6.45) is 0. The van der Waals surface area contributed by atoms with Gasteiger partial charge in [-0.2, -0.15) is 27.4 Å². The van der Waals surface area contributed by atoms with Crippen LogP contribution < -0.4 is 13.7 Å². The van der Waals surface area contributed by atoms with Crippen molar-refractivity contribution in [3.05, 3.63) is 411 Å². The van der Waals surface area contributed by atoms with Gasteiger partial charge >= 0.3 is 0 Å². The summed E-state index contributed by atoms with van der Waals surface area (Å²) in [7, 11) is 0. The zero-order valence-corrected chi connectivity index (χ0v) is 91.1. The molecule has 6 heteroatoms. The topological polar surface area (TPSA) is 26.4 Å². The van der Waals surface area contributed by atoms with Crippen molar-refractivity contribution in [1.82, 2.24) is 13.7 Å². The summed E-state index contributed by atoms with van der Waals surface area (Å²) < 4.78 is 92.3. The summed E-state index contributed by atoms with van der Waals surface area (Å²) in [4.78, 5) is 0. The molecule has 18 aromatic rings. The summed E-state index contributed by atoms with van der Waals surface area (Å²) in [5.41, 5.74) is 39.4. The highest BCUT2D eigenvalue weighted by Gasteiger charge is 2.38. The van der Waals surface area contributed by atoms with Crippen LogP contribution in [0.3, 0.4) is 0 Å². The Morgan fingerprint density at radius 1 is 0.211 bits per heavy atom. The number of para-hydroxylation sites is 9. The molecule has 0 N–H and O–H groups in total. The molecular formula is C136H155N6+3. The third kappa shape index (κ3) is 20.1. The third-order valence-corrected chi connectivity index (χ3v) is 28.7. The van der Waals surface area contributed by atoms with Crippen LogP contribution in [0.25, 0.3) is 134 Å². The van der Waals surface area contributed by atoms with E-state index in [2.05, 4.69) is 463 Å². The minimum absolute atomic E-state index is 0.00881. The number of nitrogens with zero attached hydrogens (tertiary/aromatic N) is 6. The lowest BCUT2D eigenvalue weighted by molar-refractivity contribution is -0.574. The van der Waals surface area contributed by atoms with Crippen LogP contribution in [0.1, 0.15) is 289 Å². The Labute approximate surface area is 863 Å². The van der Waals surface area contributed by atoms with Crippen LogP contribution in [0.5, 0.6) is 0 Å². The second-order valence-corrected chi connectivity index (χ2v) is 48.6. The fourth-order valence-corrected chi connectivity index (χ4v) is 20.9. The molecule has 726 valence electrons. The van der Waals surface area contributed by atoms with E-state index >= 15 is 0 Å². The van der Waals surface area contributed by atoms with E-state index in [4.69, 9.17) is 12.3 Å². The molecule has 142 heavy (non-hydrogen) atoms. The van der Waals surface area contributed by atoms with E-state index in [1.807, 2.05) is 41.8 Å². The average molecular weight is 1880 g/mol. The van der Waals surface area contributed by atoms with Crippen molar-refractivity contribution in [3.8, 4) is 101 Å². The SMILES string of the molecule is Cc1c(-n2c(C)[n+](-c3c(-c4cc(C(C)(C)C)cc(C(C)(C)C)c4)cccc3-c3cc(C(C)(C)C)cc(C(C)(C)C)c3)c3ccccc32)cccc1C(C)(C)C.Cc1c(-n2c(C)[n+](-c3c(-c4ccc(C(C)(C)C)cc4)cccc3-c3ccc(C(C)(C)C)cc3)c3ccccc32)cccc1C(C)(C)C.[2H]c1c([2H])c([2H])c(-c2cccc(-c3c([2H])c([2H])c([2H])c(C)c3[2H])c2-[n+]2c(C)n(-c3cccc(C(C)(C)C)c3C)c3ccccc32)c([2H])c1[2H]. The van der Waals surface area contributed by atoms with Crippen molar-refractivity contribution in [2.75, 3.05) is 0 Å². The summed E-state index contributed by atoms with van der Waals surface area (Å²) in [5, 5.41) is 0. The van der Waals surface area contributed by atoms with Crippen LogP contribution in [0.2, 0.25) is 0 Å². The lowest BCUT2D eigenvalue weighted by atomic mass is 9.77. The van der Waals surface area contributed by atoms with Crippen molar-refractivity contribution in [2.24, 2.45) is 0 Å². The number of hydrogen-bond donors (Lipinski definition) is 0. The highest BCUT2D eigenvalue weighted by atomic mass is 15.2. The smallest absolute Gasteiger partial charge is 0.192 e. The zero-order chi connectivity index (χ0) is 110. The van der Waals surface area contributed by atoms with Crippen LogP contribution in [0, 0.1) is 48.5 Å². The predicted molar refractivity (Wildman–Crippen MR) is 608 cm³/mol. The van der Waals surface area contributed by atoms with Crippen molar-refractivity contribution in [3.63, 3.8) is 0 Å². The van der Waals surface area contributed by atoms with E-state index in [0.29, 0.717) is 16.8 Å². The Hall–Kier alpha value is -13.3. The van der Waals surface area contributed by atoms with Gasteiger partial charge in [0, 0.05) is 54.2 Å². The summed E-state index contributed by atoms with van der Waals surface area (Å²) >= 11 is 0. The number of benzene rings is 15. The molecule has 18 rings (SSSR count). The second kappa shape index (κ2) is 38.2. The standard InChI is InChI=1S/C53H67N2.C45H51N2.C38H37N2/c1-34-44(53(15,16)17)24-21-27-45(34)54-35(2)55(47-26-19-18-25-46(47)54)48-42(36-28-38(49(3,4)5)32-39(29-36)50(6,7)8)22-20-23-43(48)37-30-40(51(9,10)11)33-41(31-37)52(12,13)14;1-30-38(45(9,10)11)18-15-21-39(30)46-31(2)47(41-20-13-12-19-40(41)46)42-36(32-22-26-34(27-23-32)43(3,4)5)16-14-17-37(42)33-24-28-35(29-25-33)44(6,7)8;1-26-15-12-18-30(25-26)32-20-13-19-31(29-16-8-7-9-17-29)37(32)40-28(3)39(35-22-10-11-23-36(35)40)34-24-14-21-33(27(34)2)38(4,5)6/h18-33H,1-17H3;12-29H,1-11H3;7-25H,1-6H3/q3*+1/i;;7D,8D,9D,12D,15D,16D,17D,18D,25D. The molecule has 15 aromatic carbocycles. The molecular weight excluding hydrogens is 1720 g/mol. The molecule has 0 aliphatic carbocycles. The summed E-state index contributed by atoms with van der Waals surface area (Å²) in [6, 6.07) is 94.3. The normalized spacial score (nSPS) is 13.5. The molecule has 0 spiro atoms. The van der Waals surface area contributed by atoms with Gasteiger partial charge in [0.2, 0.25) is 0 Å². The molecule has 0 amide bonds. The molecule has 6 nitrogen and oxygen atoms in total. The van der Waals surface area contributed by atoms with Crippen LogP contribution in [0.15, 0.2) is 321 Å². The Balaban J connectivity index is 0.000000162. The van der Waals surface area contributed by atoms with Gasteiger partial charge in [-0.15, -0.1) is 0 Å². The lowest BCUT2D eigenvalue weighted by Gasteiger charge is -2.27. The number of hydrogen-bond acceptors (Lipinski definition) is 0. The average Bonchev–Trinajstić information content (AvgIpc) is 1.59. The zero-order valence-electron chi connectivity index (χ0n) is 100. The van der Waals surface area contributed by atoms with Gasteiger partial charge in [-0.25, -0.2) is 0 Å². The quantitative estimate of drug-likeness (QED) is 0.109. The van der Waals surface area contributed by atoms with Gasteiger partial charge in [0.15, 0.2) is 33.1 Å². The van der Waals surface area contributed by atoms with Crippen LogP contribution in [0.4, 0.5) is 0 Å². The summed E-state index contributed by atoms with van der Waals surface area (Å²) in [6.45, 7) is 76.9. The van der Waals surface area contributed by atoms with E-state index in [1.54, 1.807) is 25.1 Å². The minimum atomic E-state index is -0.506. The fraction of sp³-hybridized carbons (Fsp3) is 0.316. The summed E-state index contributed by atoms with van der Waals surface area (Å²) in [5.74, 6) is 3.08. The first-order chi connectivity index (χ1) is 70.3. The maximum absolute atomic E-state index is 9.10. The van der Waals surface area contributed by atoms with Crippen LogP contribution in [-0.2, 0) is 48.7 Å². The van der Waals surface area contributed by atoms with Gasteiger partial charge in [0.1, 0.15) is 34.1 Å². The highest BCUT2D eigenvalue weighted by molar-refractivity contribution is 5.90. The molecule has 0 saturated heterocycles. The van der Waals surface area contributed by atoms with Gasteiger partial charge in [-0.1, -0.05) is 459 Å². The molecule has 3 aromatic heterocycles. The molecule has 0 bridgehead atoms. The van der Waals surface area contributed by atoms with Crippen molar-refractivity contribution in [1.29, 1.82) is 0 Å². The maximum atomic E-state index is 9.10. The first kappa shape index (κ1) is 90.0. The van der Waals surface area contributed by atoms with Gasteiger partial charge in [0.25, 0.3) is 17.5 Å². The van der Waals surface area contributed by atoms with Crippen LogP contribution in [-0.4, -0.2) is 13.7 Å². The van der Waals surface area contributed by atoms with Crippen molar-refractivity contribution < 1.29 is 26.0 Å². The predicted octanol–water partition coefficient (Wildman–Crippen LogP) is 35.6. The molecule has 0 saturated carbocycles. The maximum Gasteiger partial charge on any atom is 0.264 e. The third-order valence-electron chi connectivity index (χ3n) is 28.7. The Morgan fingerprint density at radius 3 is 0.746 bits per heavy atom. The van der Waals surface area contributed by atoms with E-state index in [9.17, 15) is 0 Å². The van der Waals surface area contributed by atoms with Crippen molar-refractivity contribution >= 4 is 33.1 Å². The van der Waals surface area contributed by atoms with E-state index < -0.39 is 18.1 Å². The highest BCUT2D eigenvalue weighted by Crippen LogP contribution is 2.47. The first-order valence-corrected chi connectivity index (χ1v) is 50.8. The molecule has 0 fully saturated rings. The molecule has 0 aliphatic heterocycles. The molecule has 0 unspecified atom stereocenters. The van der Waals surface area contributed by atoms with Crippen molar-refractivity contribution in [2.45, 2.75) is 284 Å². The molecule has 0 radical (unpaired) electrons. The van der Waals surface area contributed by atoms with E-state index in [-0.39, 0.29) is 102 Å². The first-order valence-electron chi connectivity index (χ1n) is 55.3. The monoisotopic (exact) mass is 1880 g/mol. The Kier molecular flexibility index (Phi) is 24.2. The number of imidazole rings is 3. The molecule has 0 aliphatic rings. The minimum Gasteiger partial charge on any atom is -0.192 e. The Morgan fingerprint density at radius 2 is 0.465 bits per heavy atom. The van der Waals surface area contributed by atoms with Gasteiger partial charge < -0.3 is 0 Å². The second-order valence-electron chi connectivity index (χ2n) is 48.6. The molecule has 0 atom stereocenters. The van der Waals surface area contributed by atoms with Gasteiger partial charge in [-0.3, -0.25) is 0 Å². The number of rotatable bonds is 12.